The summed E-state index contributed by atoms with van der Waals surface area (Å²) < 4.78 is 38.3. The van der Waals surface area contributed by atoms with Crippen LogP contribution < -0.4 is 5.32 Å². The van der Waals surface area contributed by atoms with E-state index in [1.165, 1.54) is 5.56 Å². The Balaban J connectivity index is 1.90. The van der Waals surface area contributed by atoms with E-state index in [2.05, 4.69) is 21.2 Å². The lowest BCUT2D eigenvalue weighted by Crippen LogP contribution is -2.25. The predicted octanol–water partition coefficient (Wildman–Crippen LogP) is 4.43. The van der Waals surface area contributed by atoms with E-state index < -0.39 is 24.7 Å². The van der Waals surface area contributed by atoms with Crippen molar-refractivity contribution >= 4 is 29.4 Å². The van der Waals surface area contributed by atoms with Gasteiger partial charge in [0, 0.05) is 22.1 Å². The second-order valence-corrected chi connectivity index (χ2v) is 8.48. The zero-order valence-corrected chi connectivity index (χ0v) is 16.7. The quantitative estimate of drug-likeness (QED) is 0.400. The molecule has 27 heavy (non-hydrogen) atoms. The van der Waals surface area contributed by atoms with Crippen LogP contribution in [0, 0.1) is 0 Å². The molecule has 2 rings (SSSR count). The number of carbonyl (C=O) groups excluding carboxylic acids is 1. The number of benzene rings is 2. The fourth-order valence-corrected chi connectivity index (χ4v) is 3.75. The molecule has 0 unspecified atom stereocenters. The number of alkyl halides is 2. The summed E-state index contributed by atoms with van der Waals surface area (Å²) in [5.41, 5.74) is -3.86. The number of hydrogen-bond acceptors (Lipinski definition) is 2. The molecule has 0 saturated carbocycles. The largest absolute Gasteiger partial charge is 0.399 e. The second-order valence-electron chi connectivity index (χ2n) is 5.98. The molecule has 5 nitrogen and oxygen atoms in total. The summed E-state index contributed by atoms with van der Waals surface area (Å²) in [6.45, 7) is 0.434. The van der Waals surface area contributed by atoms with Crippen molar-refractivity contribution < 1.29 is 27.9 Å². The first-order valence-electron chi connectivity index (χ1n) is 8.18. The monoisotopic (exact) mass is 461 g/mol. The number of unbranched alkanes of at least 4 members (excludes halogenated alkanes) is 1. The van der Waals surface area contributed by atoms with Crippen molar-refractivity contribution in [1.82, 2.24) is 5.32 Å². The molecule has 3 N–H and O–H groups in total. The molecule has 2 aromatic carbocycles. The molecule has 0 aliphatic heterocycles. The van der Waals surface area contributed by atoms with Crippen LogP contribution in [-0.4, -0.2) is 22.2 Å². The number of nitrogens with one attached hydrogen (secondary N) is 1. The Hall–Kier alpha value is -1.60. The molecule has 1 amide bonds. The molecule has 0 spiro atoms. The van der Waals surface area contributed by atoms with Gasteiger partial charge in [0.15, 0.2) is 0 Å². The first-order valence-corrected chi connectivity index (χ1v) is 10.6. The van der Waals surface area contributed by atoms with Gasteiger partial charge < -0.3 is 15.1 Å². The van der Waals surface area contributed by atoms with Gasteiger partial charge in [-0.05, 0) is 37.0 Å². The van der Waals surface area contributed by atoms with E-state index in [1.54, 1.807) is 0 Å². The Kier molecular flexibility index (Phi) is 7.28. The second kappa shape index (κ2) is 9.06. The number of amides is 1. The van der Waals surface area contributed by atoms with Gasteiger partial charge in [0.1, 0.15) is 0 Å². The highest BCUT2D eigenvalue weighted by molar-refractivity contribution is 9.10. The first kappa shape index (κ1) is 21.7. The average molecular weight is 462 g/mol. The Bertz CT molecular complexity index is 843. The molecule has 0 fully saturated rings. The topological polar surface area (TPSA) is 86.6 Å². The molecule has 0 aromatic heterocycles. The highest BCUT2D eigenvalue weighted by atomic mass is 79.9. The molecule has 146 valence electrons. The molecule has 2 aromatic rings. The zero-order chi connectivity index (χ0) is 20.1. The fraction of sp³-hybridized carbons (Fsp3) is 0.278. The number of rotatable bonds is 8. The maximum absolute atomic E-state index is 13.8. The lowest BCUT2D eigenvalue weighted by Gasteiger charge is -2.19. The zero-order valence-electron chi connectivity index (χ0n) is 14.2. The van der Waals surface area contributed by atoms with Gasteiger partial charge in [0.05, 0.1) is 0 Å². The maximum Gasteiger partial charge on any atom is 0.399 e. The van der Waals surface area contributed by atoms with Crippen molar-refractivity contribution in [3.05, 3.63) is 69.7 Å². The number of hydrogen-bond donors (Lipinski definition) is 3. The third kappa shape index (κ3) is 5.69. The van der Waals surface area contributed by atoms with Crippen molar-refractivity contribution in [2.24, 2.45) is 0 Å². The Morgan fingerprint density at radius 1 is 1.11 bits per heavy atom. The molecular formula is C18H19BrF2NO4P. The maximum atomic E-state index is 13.8. The van der Waals surface area contributed by atoms with Crippen molar-refractivity contribution in [2.45, 2.75) is 24.9 Å². The van der Waals surface area contributed by atoms with Gasteiger partial charge in [0.25, 0.3) is 5.91 Å². The van der Waals surface area contributed by atoms with Gasteiger partial charge in [-0.2, -0.15) is 8.78 Å². The Labute approximate surface area is 164 Å². The van der Waals surface area contributed by atoms with Gasteiger partial charge in [-0.3, -0.25) is 9.36 Å². The minimum Gasteiger partial charge on any atom is -0.352 e. The van der Waals surface area contributed by atoms with Gasteiger partial charge in [-0.15, -0.1) is 0 Å². The predicted molar refractivity (Wildman–Crippen MR) is 102 cm³/mol. The van der Waals surface area contributed by atoms with E-state index in [-0.39, 0.29) is 10.0 Å². The van der Waals surface area contributed by atoms with Gasteiger partial charge in [0.2, 0.25) is 0 Å². The molecule has 0 atom stereocenters. The standard InChI is InChI=1S/C18H19BrF2NO4P/c19-16-12-14(9-10-15(16)18(20,21)27(24,25)26)17(23)22-11-5-4-8-13-6-2-1-3-7-13/h1-3,6-7,9-10,12H,4-5,8,11H2,(H,22,23)(H2,24,25,26). The van der Waals surface area contributed by atoms with Crippen LogP contribution >= 0.6 is 23.5 Å². The third-order valence-corrected chi connectivity index (χ3v) is 5.57. The number of aryl methyl sites for hydroxylation is 1. The van der Waals surface area contributed by atoms with Gasteiger partial charge >= 0.3 is 13.3 Å². The molecule has 0 aliphatic carbocycles. The Morgan fingerprint density at radius 3 is 2.37 bits per heavy atom. The van der Waals surface area contributed by atoms with E-state index in [0.29, 0.717) is 6.54 Å². The molecule has 0 heterocycles. The summed E-state index contributed by atoms with van der Waals surface area (Å²) >= 11 is 2.86. The van der Waals surface area contributed by atoms with Gasteiger partial charge in [-0.1, -0.05) is 52.3 Å². The van der Waals surface area contributed by atoms with Crippen molar-refractivity contribution in [2.75, 3.05) is 6.54 Å². The van der Waals surface area contributed by atoms with E-state index in [4.69, 9.17) is 9.79 Å². The highest BCUT2D eigenvalue weighted by Crippen LogP contribution is 2.60. The highest BCUT2D eigenvalue weighted by Gasteiger charge is 2.51. The summed E-state index contributed by atoms with van der Waals surface area (Å²) in [4.78, 5) is 29.7. The average Bonchev–Trinajstić information content (AvgIpc) is 2.61. The third-order valence-electron chi connectivity index (χ3n) is 3.94. The summed E-state index contributed by atoms with van der Waals surface area (Å²) in [5, 5.41) is 2.70. The molecular weight excluding hydrogens is 443 g/mol. The number of carbonyl (C=O) groups is 1. The van der Waals surface area contributed by atoms with E-state index in [1.807, 2.05) is 30.3 Å². The van der Waals surface area contributed by atoms with Crippen LogP contribution in [-0.2, 0) is 16.6 Å². The Morgan fingerprint density at radius 2 is 1.78 bits per heavy atom. The van der Waals surface area contributed by atoms with Crippen LogP contribution in [0.3, 0.4) is 0 Å². The number of halogens is 3. The lowest BCUT2D eigenvalue weighted by atomic mass is 10.1. The van der Waals surface area contributed by atoms with Crippen LogP contribution in [0.4, 0.5) is 8.78 Å². The van der Waals surface area contributed by atoms with E-state index in [9.17, 15) is 18.1 Å². The molecule has 0 aliphatic rings. The summed E-state index contributed by atoms with van der Waals surface area (Å²) in [6, 6.07) is 13.0. The SMILES string of the molecule is O=C(NCCCCc1ccccc1)c1ccc(C(F)(F)P(=O)(O)O)c(Br)c1. The van der Waals surface area contributed by atoms with Crippen molar-refractivity contribution in [3.8, 4) is 0 Å². The van der Waals surface area contributed by atoms with E-state index >= 15 is 0 Å². The lowest BCUT2D eigenvalue weighted by molar-refractivity contribution is 0.0557. The van der Waals surface area contributed by atoms with Gasteiger partial charge in [-0.25, -0.2) is 0 Å². The normalized spacial score (nSPS) is 12.0. The van der Waals surface area contributed by atoms with Crippen molar-refractivity contribution in [1.29, 1.82) is 0 Å². The summed E-state index contributed by atoms with van der Waals surface area (Å²) in [5.74, 6) is -0.443. The molecule has 0 radical (unpaired) electrons. The molecule has 9 heteroatoms. The molecule has 0 saturated heterocycles. The van der Waals surface area contributed by atoms with Crippen LogP contribution in [0.25, 0.3) is 0 Å². The van der Waals surface area contributed by atoms with Crippen molar-refractivity contribution in [3.63, 3.8) is 0 Å². The molecule has 0 bridgehead atoms. The van der Waals surface area contributed by atoms with Crippen LogP contribution in [0.5, 0.6) is 0 Å². The van der Waals surface area contributed by atoms with Crippen LogP contribution in [0.15, 0.2) is 53.0 Å². The summed E-state index contributed by atoms with van der Waals surface area (Å²) in [7, 11) is -5.67. The van der Waals surface area contributed by atoms with Crippen LogP contribution in [0.1, 0.15) is 34.3 Å². The minimum absolute atomic E-state index is 0.121. The first-order chi connectivity index (χ1) is 12.6. The van der Waals surface area contributed by atoms with Crippen LogP contribution in [0.2, 0.25) is 0 Å². The fourth-order valence-electron chi connectivity index (χ4n) is 2.46. The minimum atomic E-state index is -5.67. The summed E-state index contributed by atoms with van der Waals surface area (Å²) in [6.07, 6.45) is 2.55. The smallest absolute Gasteiger partial charge is 0.352 e. The van der Waals surface area contributed by atoms with E-state index in [0.717, 1.165) is 37.5 Å².